The van der Waals surface area contributed by atoms with E-state index in [1.54, 1.807) is 0 Å². The summed E-state index contributed by atoms with van der Waals surface area (Å²) >= 11 is 0. The fraction of sp³-hybridized carbons (Fsp3) is 0.235. The van der Waals surface area contributed by atoms with Crippen LogP contribution in [0.2, 0.25) is 0 Å². The first-order valence-corrected chi connectivity index (χ1v) is 6.95. The summed E-state index contributed by atoms with van der Waals surface area (Å²) in [5.41, 5.74) is 9.58. The maximum absolute atomic E-state index is 12.6. The molecule has 1 heterocycles. The molecule has 0 fully saturated rings. The zero-order chi connectivity index (χ0) is 13.9. The maximum atomic E-state index is 12.6. The first kappa shape index (κ1) is 12.7. The number of aryl methyl sites for hydroxylation is 1. The van der Waals surface area contributed by atoms with Crippen LogP contribution in [0.1, 0.15) is 27.9 Å². The Bertz CT molecular complexity index is 619. The third-order valence-electron chi connectivity index (χ3n) is 3.76. The number of fused-ring (bicyclic) bond motifs is 1. The average molecular weight is 266 g/mol. The minimum atomic E-state index is 0.134. The first-order valence-electron chi connectivity index (χ1n) is 6.95. The molecular weight excluding hydrogens is 248 g/mol. The second kappa shape index (κ2) is 5.37. The van der Waals surface area contributed by atoms with Crippen molar-refractivity contribution < 1.29 is 4.79 Å². The molecule has 0 aliphatic carbocycles. The number of hydrogen-bond donors (Lipinski definition) is 1. The Balaban J connectivity index is 1.84. The molecule has 2 aromatic rings. The lowest BCUT2D eigenvalue weighted by atomic mass is 10.0. The Morgan fingerprint density at radius 2 is 1.80 bits per heavy atom. The van der Waals surface area contributed by atoms with Crippen molar-refractivity contribution in [3.05, 3.63) is 65.2 Å². The average Bonchev–Trinajstić information content (AvgIpc) is 2.62. The Morgan fingerprint density at radius 1 is 1.05 bits per heavy atom. The molecule has 3 nitrogen and oxygen atoms in total. The van der Waals surface area contributed by atoms with Gasteiger partial charge in [0.15, 0.2) is 0 Å². The number of rotatable bonds is 2. The highest BCUT2D eigenvalue weighted by atomic mass is 16.2. The highest BCUT2D eigenvalue weighted by Gasteiger charge is 2.21. The second-order valence-corrected chi connectivity index (χ2v) is 5.23. The second-order valence-electron chi connectivity index (χ2n) is 5.23. The van der Waals surface area contributed by atoms with Crippen LogP contribution in [-0.4, -0.2) is 17.4 Å². The molecule has 3 heteroatoms. The van der Waals surface area contributed by atoms with E-state index in [1.807, 2.05) is 47.4 Å². The molecule has 0 saturated heterocycles. The van der Waals surface area contributed by atoms with E-state index >= 15 is 0 Å². The molecule has 1 amide bonds. The zero-order valence-electron chi connectivity index (χ0n) is 11.4. The molecule has 1 aliphatic rings. The van der Waals surface area contributed by atoms with Crippen molar-refractivity contribution in [2.75, 3.05) is 12.3 Å². The van der Waals surface area contributed by atoms with Gasteiger partial charge in [0.1, 0.15) is 0 Å². The zero-order valence-corrected chi connectivity index (χ0v) is 11.4. The van der Waals surface area contributed by atoms with Crippen LogP contribution in [0.15, 0.2) is 48.5 Å². The standard InChI is InChI=1S/C17H18N2O/c18-15-9-7-13(8-10-15)12-19-11-3-5-14-4-1-2-6-16(14)17(19)20/h1-2,4,6-10H,3,5,11-12,18H2. The summed E-state index contributed by atoms with van der Waals surface area (Å²) < 4.78 is 0. The Hall–Kier alpha value is -2.29. The van der Waals surface area contributed by atoms with Gasteiger partial charge in [0.25, 0.3) is 5.91 Å². The van der Waals surface area contributed by atoms with Crippen molar-refractivity contribution in [1.29, 1.82) is 0 Å². The lowest BCUT2D eigenvalue weighted by Gasteiger charge is -2.21. The predicted octanol–water partition coefficient (Wildman–Crippen LogP) is 2.86. The summed E-state index contributed by atoms with van der Waals surface area (Å²) in [7, 11) is 0. The number of amides is 1. The topological polar surface area (TPSA) is 46.3 Å². The lowest BCUT2D eigenvalue weighted by Crippen LogP contribution is -2.30. The third kappa shape index (κ3) is 2.52. The van der Waals surface area contributed by atoms with Gasteiger partial charge < -0.3 is 10.6 Å². The van der Waals surface area contributed by atoms with E-state index in [4.69, 9.17) is 5.73 Å². The molecule has 0 saturated carbocycles. The van der Waals surface area contributed by atoms with E-state index in [-0.39, 0.29) is 5.91 Å². The number of nitrogens with zero attached hydrogens (tertiary/aromatic N) is 1. The molecule has 20 heavy (non-hydrogen) atoms. The van der Waals surface area contributed by atoms with Crippen molar-refractivity contribution in [3.63, 3.8) is 0 Å². The lowest BCUT2D eigenvalue weighted by molar-refractivity contribution is 0.0749. The van der Waals surface area contributed by atoms with Gasteiger partial charge in [-0.1, -0.05) is 30.3 Å². The van der Waals surface area contributed by atoms with Crippen LogP contribution < -0.4 is 5.73 Å². The molecule has 102 valence electrons. The molecule has 0 unspecified atom stereocenters. The summed E-state index contributed by atoms with van der Waals surface area (Å²) in [6, 6.07) is 15.7. The minimum Gasteiger partial charge on any atom is -0.399 e. The van der Waals surface area contributed by atoms with E-state index in [9.17, 15) is 4.79 Å². The van der Waals surface area contributed by atoms with Crippen molar-refractivity contribution in [2.45, 2.75) is 19.4 Å². The molecule has 3 rings (SSSR count). The van der Waals surface area contributed by atoms with E-state index in [0.29, 0.717) is 6.54 Å². The fourth-order valence-corrected chi connectivity index (χ4v) is 2.67. The van der Waals surface area contributed by atoms with Gasteiger partial charge in [0.05, 0.1) is 0 Å². The summed E-state index contributed by atoms with van der Waals surface area (Å²) in [6.45, 7) is 1.45. The van der Waals surface area contributed by atoms with Crippen LogP contribution in [0.4, 0.5) is 5.69 Å². The molecule has 0 spiro atoms. The molecule has 0 bridgehead atoms. The van der Waals surface area contributed by atoms with Gasteiger partial charge in [-0.15, -0.1) is 0 Å². The Labute approximate surface area is 119 Å². The van der Waals surface area contributed by atoms with Gasteiger partial charge >= 0.3 is 0 Å². The monoisotopic (exact) mass is 266 g/mol. The SMILES string of the molecule is Nc1ccc(CN2CCCc3ccccc3C2=O)cc1. The largest absolute Gasteiger partial charge is 0.399 e. The Morgan fingerprint density at radius 3 is 2.60 bits per heavy atom. The van der Waals surface area contributed by atoms with Crippen LogP contribution in [0.5, 0.6) is 0 Å². The Kier molecular flexibility index (Phi) is 3.42. The quantitative estimate of drug-likeness (QED) is 0.850. The van der Waals surface area contributed by atoms with Crippen LogP contribution in [0, 0.1) is 0 Å². The van der Waals surface area contributed by atoms with Crippen molar-refractivity contribution in [2.24, 2.45) is 0 Å². The first-order chi connectivity index (χ1) is 9.74. The number of benzene rings is 2. The highest BCUT2D eigenvalue weighted by Crippen LogP contribution is 2.20. The molecule has 2 N–H and O–H groups in total. The number of nitrogen functional groups attached to an aromatic ring is 1. The van der Waals surface area contributed by atoms with Crippen LogP contribution in [0.25, 0.3) is 0 Å². The third-order valence-corrected chi connectivity index (χ3v) is 3.76. The van der Waals surface area contributed by atoms with Gasteiger partial charge in [-0.25, -0.2) is 0 Å². The van der Waals surface area contributed by atoms with Gasteiger partial charge in [0, 0.05) is 24.3 Å². The normalized spacial score (nSPS) is 14.8. The van der Waals surface area contributed by atoms with Crippen molar-refractivity contribution in [1.82, 2.24) is 4.90 Å². The van der Waals surface area contributed by atoms with Crippen LogP contribution >= 0.6 is 0 Å². The molecule has 0 aromatic heterocycles. The van der Waals surface area contributed by atoms with Crippen LogP contribution in [-0.2, 0) is 13.0 Å². The van der Waals surface area contributed by atoms with Gasteiger partial charge in [-0.2, -0.15) is 0 Å². The molecule has 0 atom stereocenters. The summed E-state index contributed by atoms with van der Waals surface area (Å²) in [4.78, 5) is 14.5. The van der Waals surface area contributed by atoms with Crippen molar-refractivity contribution in [3.8, 4) is 0 Å². The van der Waals surface area contributed by atoms with E-state index in [2.05, 4.69) is 6.07 Å². The van der Waals surface area contributed by atoms with Gasteiger partial charge in [0.2, 0.25) is 0 Å². The van der Waals surface area contributed by atoms with Gasteiger partial charge in [-0.05, 0) is 42.2 Å². The molecule has 1 aliphatic heterocycles. The maximum Gasteiger partial charge on any atom is 0.254 e. The smallest absolute Gasteiger partial charge is 0.254 e. The molecule has 0 radical (unpaired) electrons. The number of carbonyl (C=O) groups excluding carboxylic acids is 1. The number of hydrogen-bond acceptors (Lipinski definition) is 2. The van der Waals surface area contributed by atoms with Crippen molar-refractivity contribution >= 4 is 11.6 Å². The van der Waals surface area contributed by atoms with Gasteiger partial charge in [-0.3, -0.25) is 4.79 Å². The van der Waals surface area contributed by atoms with Crippen LogP contribution in [0.3, 0.4) is 0 Å². The van der Waals surface area contributed by atoms with E-state index < -0.39 is 0 Å². The molecular formula is C17H18N2O. The molecule has 2 aromatic carbocycles. The summed E-state index contributed by atoms with van der Waals surface area (Å²) in [5, 5.41) is 0. The number of carbonyl (C=O) groups is 1. The van der Waals surface area contributed by atoms with E-state index in [0.717, 1.165) is 41.8 Å². The highest BCUT2D eigenvalue weighted by molar-refractivity contribution is 5.96. The minimum absolute atomic E-state index is 0.134. The fourth-order valence-electron chi connectivity index (χ4n) is 2.67. The predicted molar refractivity (Wildman–Crippen MR) is 80.4 cm³/mol. The summed E-state index contributed by atoms with van der Waals surface area (Å²) in [6.07, 6.45) is 1.98. The van der Waals surface area contributed by atoms with E-state index in [1.165, 1.54) is 0 Å². The summed E-state index contributed by atoms with van der Waals surface area (Å²) in [5.74, 6) is 0.134. The number of nitrogens with two attached hydrogens (primary N) is 1. The number of anilines is 1.